The molecule has 0 saturated carbocycles. The summed E-state index contributed by atoms with van der Waals surface area (Å²) in [7, 11) is -1.04. The highest BCUT2D eigenvalue weighted by Crippen LogP contribution is 2.11. The summed E-state index contributed by atoms with van der Waals surface area (Å²) in [5.41, 5.74) is 5.09. The number of rotatable bonds is 2. The van der Waals surface area contributed by atoms with Crippen LogP contribution < -0.4 is 0 Å². The first-order valence-corrected chi connectivity index (χ1v) is 8.32. The second-order valence-corrected chi connectivity index (χ2v) is 9.62. The summed E-state index contributed by atoms with van der Waals surface area (Å²) in [6, 6.07) is 8.51. The maximum atomic E-state index is 2.38. The van der Waals surface area contributed by atoms with E-state index in [0.29, 0.717) is 0 Å². The van der Waals surface area contributed by atoms with Crippen molar-refractivity contribution in [3.8, 4) is 0 Å². The normalized spacial score (nSPS) is 12.3. The Labute approximate surface area is 82.3 Å². The average molecular weight is 190 g/mol. The summed E-state index contributed by atoms with van der Waals surface area (Å²) in [4.78, 5) is 0. The number of aryl methyl sites for hydroxylation is 1. The molecule has 0 heterocycles. The van der Waals surface area contributed by atoms with E-state index in [4.69, 9.17) is 0 Å². The number of benzene rings is 1. The smallest absolute Gasteiger partial charge is 0.0687 e. The maximum absolute atomic E-state index is 2.38. The molecule has 0 aliphatic rings. The van der Waals surface area contributed by atoms with Gasteiger partial charge in [-0.3, -0.25) is 0 Å². The van der Waals surface area contributed by atoms with Gasteiger partial charge in [0.05, 0.1) is 8.07 Å². The zero-order chi connectivity index (χ0) is 9.90. The largest absolute Gasteiger partial charge is 0.0944 e. The molecule has 1 aromatic carbocycles. The van der Waals surface area contributed by atoms with Crippen LogP contribution in [-0.2, 0) is 0 Å². The summed E-state index contributed by atoms with van der Waals surface area (Å²) in [5, 5.41) is 0. The van der Waals surface area contributed by atoms with Gasteiger partial charge in [-0.1, -0.05) is 55.7 Å². The Kier molecular flexibility index (Phi) is 3.10. The van der Waals surface area contributed by atoms with Gasteiger partial charge >= 0.3 is 0 Å². The van der Waals surface area contributed by atoms with E-state index in [1.165, 1.54) is 11.1 Å². The molecule has 0 bridgehead atoms. The first-order chi connectivity index (χ1) is 5.99. The van der Waals surface area contributed by atoms with Gasteiger partial charge in [0.25, 0.3) is 0 Å². The number of hydrogen-bond acceptors (Lipinski definition) is 0. The van der Waals surface area contributed by atoms with Gasteiger partial charge in [-0.2, -0.15) is 0 Å². The molecule has 0 unspecified atom stereocenters. The molecular weight excluding hydrogens is 172 g/mol. The standard InChI is InChI=1S/C12H18Si/c1-11-7-5-6-8-12(11)9-10-13(2,3)4/h5-10H,1-4H3/b10-9+. The van der Waals surface area contributed by atoms with Gasteiger partial charge in [-0.15, -0.1) is 0 Å². The monoisotopic (exact) mass is 190 g/mol. The number of hydrogen-bond donors (Lipinski definition) is 0. The van der Waals surface area contributed by atoms with Crippen LogP contribution >= 0.6 is 0 Å². The molecule has 0 N–H and O–H groups in total. The highest BCUT2D eigenvalue weighted by molar-refractivity contribution is 6.81. The fourth-order valence-corrected chi connectivity index (χ4v) is 1.79. The Balaban J connectivity index is 2.86. The van der Waals surface area contributed by atoms with Crippen LogP contribution in [0.3, 0.4) is 0 Å². The average Bonchev–Trinajstić information content (AvgIpc) is 2.01. The molecule has 1 aromatic rings. The zero-order valence-corrected chi connectivity index (χ0v) is 9.96. The highest BCUT2D eigenvalue weighted by atomic mass is 28.3. The first kappa shape index (κ1) is 10.3. The minimum atomic E-state index is -1.04. The minimum Gasteiger partial charge on any atom is -0.0944 e. The van der Waals surface area contributed by atoms with Gasteiger partial charge in [-0.25, -0.2) is 0 Å². The van der Waals surface area contributed by atoms with E-state index in [1.807, 2.05) is 0 Å². The van der Waals surface area contributed by atoms with Crippen molar-refractivity contribution in [3.05, 3.63) is 41.1 Å². The van der Waals surface area contributed by atoms with E-state index >= 15 is 0 Å². The third kappa shape index (κ3) is 3.60. The van der Waals surface area contributed by atoms with Crippen molar-refractivity contribution in [2.45, 2.75) is 26.6 Å². The topological polar surface area (TPSA) is 0 Å². The second kappa shape index (κ2) is 3.92. The molecular formula is C12H18Si. The van der Waals surface area contributed by atoms with E-state index in [9.17, 15) is 0 Å². The quantitative estimate of drug-likeness (QED) is 0.621. The predicted molar refractivity (Wildman–Crippen MR) is 63.6 cm³/mol. The van der Waals surface area contributed by atoms with Crippen LogP contribution in [-0.4, -0.2) is 8.07 Å². The molecule has 0 aliphatic carbocycles. The molecule has 0 amide bonds. The molecule has 1 heteroatoms. The SMILES string of the molecule is Cc1ccccc1/C=C/[Si](C)(C)C. The molecule has 0 spiro atoms. The summed E-state index contributed by atoms with van der Waals surface area (Å²) >= 11 is 0. The fraction of sp³-hybridized carbons (Fsp3) is 0.333. The van der Waals surface area contributed by atoms with Crippen LogP contribution in [0.4, 0.5) is 0 Å². The van der Waals surface area contributed by atoms with Crippen molar-refractivity contribution in [2.24, 2.45) is 0 Å². The molecule has 0 fully saturated rings. The van der Waals surface area contributed by atoms with Gasteiger partial charge in [0.15, 0.2) is 0 Å². The van der Waals surface area contributed by atoms with Crippen molar-refractivity contribution < 1.29 is 0 Å². The Morgan fingerprint density at radius 1 is 1.08 bits per heavy atom. The van der Waals surface area contributed by atoms with Gasteiger partial charge in [-0.05, 0) is 18.1 Å². The molecule has 0 aliphatic heterocycles. The van der Waals surface area contributed by atoms with E-state index in [2.05, 4.69) is 62.6 Å². The van der Waals surface area contributed by atoms with E-state index in [0.717, 1.165) is 0 Å². The van der Waals surface area contributed by atoms with Crippen molar-refractivity contribution in [2.75, 3.05) is 0 Å². The summed E-state index contributed by atoms with van der Waals surface area (Å²) in [6.07, 6.45) is 2.27. The molecule has 0 saturated heterocycles. The van der Waals surface area contributed by atoms with Crippen LogP contribution in [0.2, 0.25) is 19.6 Å². The van der Waals surface area contributed by atoms with E-state index in [1.54, 1.807) is 0 Å². The van der Waals surface area contributed by atoms with Crippen LogP contribution in [0.5, 0.6) is 0 Å². The molecule has 0 atom stereocenters. The first-order valence-electron chi connectivity index (χ1n) is 4.74. The lowest BCUT2D eigenvalue weighted by atomic mass is 10.1. The fourth-order valence-electron chi connectivity index (χ4n) is 1.11. The predicted octanol–water partition coefficient (Wildman–Crippen LogP) is 3.89. The Morgan fingerprint density at radius 2 is 1.69 bits per heavy atom. The van der Waals surface area contributed by atoms with E-state index < -0.39 is 8.07 Å². The lowest BCUT2D eigenvalue weighted by Crippen LogP contribution is -2.15. The van der Waals surface area contributed by atoms with Crippen molar-refractivity contribution in [1.82, 2.24) is 0 Å². The summed E-state index contributed by atoms with van der Waals surface area (Å²) < 4.78 is 0. The Hall–Kier alpha value is -0.823. The van der Waals surface area contributed by atoms with Gasteiger partial charge in [0.2, 0.25) is 0 Å². The van der Waals surface area contributed by atoms with Crippen LogP contribution in [0.25, 0.3) is 6.08 Å². The van der Waals surface area contributed by atoms with Crippen LogP contribution in [0.1, 0.15) is 11.1 Å². The van der Waals surface area contributed by atoms with Gasteiger partial charge < -0.3 is 0 Å². The van der Waals surface area contributed by atoms with E-state index in [-0.39, 0.29) is 0 Å². The third-order valence-electron chi connectivity index (χ3n) is 1.95. The van der Waals surface area contributed by atoms with Gasteiger partial charge in [0.1, 0.15) is 0 Å². The lowest BCUT2D eigenvalue weighted by molar-refractivity contribution is 1.44. The molecule has 0 nitrogen and oxygen atoms in total. The van der Waals surface area contributed by atoms with Crippen molar-refractivity contribution in [3.63, 3.8) is 0 Å². The van der Waals surface area contributed by atoms with Crippen LogP contribution in [0.15, 0.2) is 30.0 Å². The van der Waals surface area contributed by atoms with Gasteiger partial charge in [0, 0.05) is 0 Å². The Morgan fingerprint density at radius 3 is 2.23 bits per heavy atom. The molecule has 0 radical (unpaired) electrons. The molecule has 0 aromatic heterocycles. The maximum Gasteiger partial charge on any atom is 0.0687 e. The van der Waals surface area contributed by atoms with Crippen molar-refractivity contribution >= 4 is 14.1 Å². The second-order valence-electron chi connectivity index (χ2n) is 4.56. The summed E-state index contributed by atoms with van der Waals surface area (Å²) in [5.74, 6) is 0. The molecule has 1 rings (SSSR count). The van der Waals surface area contributed by atoms with Crippen LogP contribution in [0, 0.1) is 6.92 Å². The zero-order valence-electron chi connectivity index (χ0n) is 8.96. The molecule has 13 heavy (non-hydrogen) atoms. The minimum absolute atomic E-state index is 1.04. The molecule has 70 valence electrons. The third-order valence-corrected chi connectivity index (χ3v) is 3.12. The lowest BCUT2D eigenvalue weighted by Gasteiger charge is -2.08. The van der Waals surface area contributed by atoms with Crippen molar-refractivity contribution in [1.29, 1.82) is 0 Å². The Bertz CT molecular complexity index is 305. The summed E-state index contributed by atoms with van der Waals surface area (Å²) in [6.45, 7) is 9.20. The highest BCUT2D eigenvalue weighted by Gasteiger charge is 2.06.